The highest BCUT2D eigenvalue weighted by Crippen LogP contribution is 2.22. The average molecular weight is 237 g/mol. The number of benzene rings is 1. The van der Waals surface area contributed by atoms with Gasteiger partial charge in [0, 0.05) is 20.0 Å². The molecule has 92 valence electrons. The first-order chi connectivity index (χ1) is 8.02. The van der Waals surface area contributed by atoms with Crippen molar-refractivity contribution >= 4 is 23.3 Å². The predicted octanol–water partition coefficient (Wildman–Crippen LogP) is 0.515. The van der Waals surface area contributed by atoms with E-state index in [0.717, 1.165) is 0 Å². The van der Waals surface area contributed by atoms with E-state index < -0.39 is 5.97 Å². The molecule has 0 heterocycles. The van der Waals surface area contributed by atoms with Crippen LogP contribution in [0.3, 0.4) is 0 Å². The van der Waals surface area contributed by atoms with Gasteiger partial charge in [0.05, 0.1) is 16.9 Å². The van der Waals surface area contributed by atoms with Crippen LogP contribution >= 0.6 is 0 Å². The lowest BCUT2D eigenvalue weighted by Crippen LogP contribution is -2.26. The van der Waals surface area contributed by atoms with Crippen molar-refractivity contribution in [2.75, 3.05) is 24.1 Å². The molecule has 0 radical (unpaired) electrons. The number of nitrogens with two attached hydrogens (primary N) is 1. The molecule has 0 fully saturated rings. The van der Waals surface area contributed by atoms with Crippen LogP contribution in [0.25, 0.3) is 0 Å². The molecule has 0 bridgehead atoms. The van der Waals surface area contributed by atoms with Crippen molar-refractivity contribution in [1.29, 1.82) is 0 Å². The van der Waals surface area contributed by atoms with Crippen molar-refractivity contribution in [3.05, 3.63) is 23.8 Å². The van der Waals surface area contributed by atoms with Gasteiger partial charge in [0.25, 0.3) is 0 Å². The fourth-order valence-electron chi connectivity index (χ4n) is 1.37. The summed E-state index contributed by atoms with van der Waals surface area (Å²) in [5.74, 6) is -1.18. The van der Waals surface area contributed by atoms with Gasteiger partial charge in [-0.25, -0.2) is 4.79 Å². The van der Waals surface area contributed by atoms with Gasteiger partial charge >= 0.3 is 5.97 Å². The Hall–Kier alpha value is -2.24. The van der Waals surface area contributed by atoms with Gasteiger partial charge < -0.3 is 21.5 Å². The van der Waals surface area contributed by atoms with E-state index in [9.17, 15) is 9.59 Å². The lowest BCUT2D eigenvalue weighted by atomic mass is 10.1. The summed E-state index contributed by atoms with van der Waals surface area (Å²) in [5.41, 5.74) is 6.55. The highest BCUT2D eigenvalue weighted by molar-refractivity contribution is 5.97. The van der Waals surface area contributed by atoms with Gasteiger partial charge in [0.1, 0.15) is 0 Å². The van der Waals surface area contributed by atoms with Crippen LogP contribution in [0.5, 0.6) is 0 Å². The predicted molar refractivity (Wildman–Crippen MR) is 65.0 cm³/mol. The fourth-order valence-corrected chi connectivity index (χ4v) is 1.37. The number of carboxylic acid groups (broad SMARTS) is 1. The molecule has 0 aliphatic carbocycles. The Labute approximate surface area is 98.8 Å². The van der Waals surface area contributed by atoms with E-state index in [2.05, 4.69) is 10.6 Å². The summed E-state index contributed by atoms with van der Waals surface area (Å²) in [7, 11) is 0. The third-order valence-corrected chi connectivity index (χ3v) is 2.13. The number of amides is 1. The highest BCUT2D eigenvalue weighted by Gasteiger charge is 2.11. The molecule has 0 atom stereocenters. The maximum atomic E-state index is 10.9. The first kappa shape index (κ1) is 12.8. The topological polar surface area (TPSA) is 104 Å². The Morgan fingerprint density at radius 3 is 2.65 bits per heavy atom. The molecule has 0 aromatic heterocycles. The van der Waals surface area contributed by atoms with Crippen LogP contribution in [0.2, 0.25) is 0 Å². The molecule has 0 aliphatic heterocycles. The van der Waals surface area contributed by atoms with Crippen molar-refractivity contribution in [3.63, 3.8) is 0 Å². The van der Waals surface area contributed by atoms with Gasteiger partial charge in [-0.3, -0.25) is 4.79 Å². The number of carbonyl (C=O) groups excluding carboxylic acids is 1. The Bertz CT molecular complexity index is 432. The zero-order valence-electron chi connectivity index (χ0n) is 9.49. The molecular formula is C11H15N3O3. The van der Waals surface area contributed by atoms with E-state index in [1.807, 2.05) is 0 Å². The maximum Gasteiger partial charge on any atom is 0.337 e. The molecule has 1 amide bonds. The average Bonchev–Trinajstić information content (AvgIpc) is 2.25. The standard InChI is InChI=1S/C11H15N3O3/c1-7(15)13-5-6-14-10-8(11(16)17)3-2-4-9(10)12/h2-4,14H,5-6,12H2,1H3,(H,13,15)(H,16,17). The number of hydrogen-bond acceptors (Lipinski definition) is 4. The highest BCUT2D eigenvalue weighted by atomic mass is 16.4. The Morgan fingerprint density at radius 2 is 2.06 bits per heavy atom. The van der Waals surface area contributed by atoms with Gasteiger partial charge in [-0.1, -0.05) is 6.07 Å². The normalized spacial score (nSPS) is 9.71. The first-order valence-electron chi connectivity index (χ1n) is 5.12. The molecule has 0 saturated heterocycles. The fraction of sp³-hybridized carbons (Fsp3) is 0.273. The summed E-state index contributed by atoms with van der Waals surface area (Å²) in [6, 6.07) is 4.67. The van der Waals surface area contributed by atoms with Crippen molar-refractivity contribution in [2.45, 2.75) is 6.92 Å². The molecule has 1 aromatic rings. The number of nitrogens with one attached hydrogen (secondary N) is 2. The van der Waals surface area contributed by atoms with Gasteiger partial charge in [-0.05, 0) is 12.1 Å². The van der Waals surface area contributed by atoms with Crippen molar-refractivity contribution < 1.29 is 14.7 Å². The number of nitrogen functional groups attached to an aromatic ring is 1. The molecule has 5 N–H and O–H groups in total. The van der Waals surface area contributed by atoms with Gasteiger partial charge in [0.15, 0.2) is 0 Å². The SMILES string of the molecule is CC(=O)NCCNc1c(N)cccc1C(=O)O. The van der Waals surface area contributed by atoms with E-state index in [4.69, 9.17) is 10.8 Å². The maximum absolute atomic E-state index is 10.9. The molecule has 0 saturated carbocycles. The van der Waals surface area contributed by atoms with Crippen LogP contribution in [-0.4, -0.2) is 30.1 Å². The quantitative estimate of drug-likeness (QED) is 0.441. The van der Waals surface area contributed by atoms with E-state index in [-0.39, 0.29) is 11.5 Å². The monoisotopic (exact) mass is 237 g/mol. The van der Waals surface area contributed by atoms with Crippen molar-refractivity contribution in [3.8, 4) is 0 Å². The second-order valence-corrected chi connectivity index (χ2v) is 3.48. The summed E-state index contributed by atoms with van der Waals surface area (Å²) >= 11 is 0. The molecule has 0 aliphatic rings. The molecule has 0 unspecified atom stereocenters. The lowest BCUT2D eigenvalue weighted by molar-refractivity contribution is -0.118. The van der Waals surface area contributed by atoms with E-state index in [0.29, 0.717) is 24.5 Å². The molecule has 0 spiro atoms. The molecule has 6 heteroatoms. The third kappa shape index (κ3) is 3.67. The van der Waals surface area contributed by atoms with Crippen LogP contribution in [-0.2, 0) is 4.79 Å². The van der Waals surface area contributed by atoms with E-state index in [1.165, 1.54) is 13.0 Å². The Morgan fingerprint density at radius 1 is 1.35 bits per heavy atom. The number of carbonyl (C=O) groups is 2. The van der Waals surface area contributed by atoms with E-state index >= 15 is 0 Å². The zero-order chi connectivity index (χ0) is 12.8. The minimum absolute atomic E-state index is 0.118. The van der Waals surface area contributed by atoms with Gasteiger partial charge in [0.2, 0.25) is 5.91 Å². The third-order valence-electron chi connectivity index (χ3n) is 2.13. The van der Waals surface area contributed by atoms with Crippen LogP contribution < -0.4 is 16.4 Å². The molecule has 1 rings (SSSR count). The minimum atomic E-state index is -1.04. The number of anilines is 2. The van der Waals surface area contributed by atoms with Gasteiger partial charge in [-0.15, -0.1) is 0 Å². The summed E-state index contributed by atoms with van der Waals surface area (Å²) < 4.78 is 0. The van der Waals surface area contributed by atoms with Crippen LogP contribution in [0.4, 0.5) is 11.4 Å². The molecule has 17 heavy (non-hydrogen) atoms. The molecule has 1 aromatic carbocycles. The van der Waals surface area contributed by atoms with Crippen LogP contribution in [0, 0.1) is 0 Å². The lowest BCUT2D eigenvalue weighted by Gasteiger charge is -2.12. The second-order valence-electron chi connectivity index (χ2n) is 3.48. The summed E-state index contributed by atoms with van der Waals surface area (Å²) in [6.45, 7) is 2.23. The zero-order valence-corrected chi connectivity index (χ0v) is 9.49. The van der Waals surface area contributed by atoms with Crippen molar-refractivity contribution in [2.24, 2.45) is 0 Å². The van der Waals surface area contributed by atoms with E-state index in [1.54, 1.807) is 12.1 Å². The number of carboxylic acids is 1. The van der Waals surface area contributed by atoms with Crippen LogP contribution in [0.1, 0.15) is 17.3 Å². The van der Waals surface area contributed by atoms with Gasteiger partial charge in [-0.2, -0.15) is 0 Å². The number of rotatable bonds is 5. The van der Waals surface area contributed by atoms with Crippen molar-refractivity contribution in [1.82, 2.24) is 5.32 Å². The molecular weight excluding hydrogens is 222 g/mol. The minimum Gasteiger partial charge on any atom is -0.478 e. The number of hydrogen-bond donors (Lipinski definition) is 4. The number of para-hydroxylation sites is 1. The Balaban J connectivity index is 2.69. The smallest absolute Gasteiger partial charge is 0.337 e. The molecule has 6 nitrogen and oxygen atoms in total. The van der Waals surface area contributed by atoms with Crippen LogP contribution in [0.15, 0.2) is 18.2 Å². The largest absolute Gasteiger partial charge is 0.478 e. The Kier molecular flexibility index (Phi) is 4.33. The second kappa shape index (κ2) is 5.74. The summed E-state index contributed by atoms with van der Waals surface area (Å²) in [5, 5.41) is 14.5. The number of aromatic carboxylic acids is 1. The summed E-state index contributed by atoms with van der Waals surface area (Å²) in [6.07, 6.45) is 0. The summed E-state index contributed by atoms with van der Waals surface area (Å²) in [4.78, 5) is 21.6. The first-order valence-corrected chi connectivity index (χ1v) is 5.12.